The van der Waals surface area contributed by atoms with Gasteiger partial charge in [0.05, 0.1) is 7.11 Å². The normalized spacial score (nSPS) is 22.8. The van der Waals surface area contributed by atoms with Crippen LogP contribution in [-0.2, 0) is 16.0 Å². The fourth-order valence-electron chi connectivity index (χ4n) is 2.84. The van der Waals surface area contributed by atoms with Crippen LogP contribution in [-0.4, -0.2) is 19.2 Å². The van der Waals surface area contributed by atoms with E-state index in [-0.39, 0.29) is 12.1 Å². The van der Waals surface area contributed by atoms with Gasteiger partial charge in [0.25, 0.3) is 0 Å². The van der Waals surface area contributed by atoms with Crippen molar-refractivity contribution in [2.24, 2.45) is 5.92 Å². The van der Waals surface area contributed by atoms with Gasteiger partial charge < -0.3 is 9.47 Å². The van der Waals surface area contributed by atoms with E-state index < -0.39 is 0 Å². The molecule has 0 radical (unpaired) electrons. The predicted octanol–water partition coefficient (Wildman–Crippen LogP) is 3.36. The van der Waals surface area contributed by atoms with Crippen molar-refractivity contribution in [2.45, 2.75) is 45.1 Å². The standard InChI is InChI=1S/C16H22O3/c1-12(17)19-16-6-4-3-5-14(16)11-13-7-9-15(18-2)10-8-13/h7-10,14,16H,3-6,11H2,1-2H3/t14-,16-/m0/s1. The first-order valence-electron chi connectivity index (χ1n) is 6.99. The second-order valence-corrected chi connectivity index (χ2v) is 5.24. The van der Waals surface area contributed by atoms with E-state index >= 15 is 0 Å². The number of carbonyl (C=O) groups excluding carboxylic acids is 1. The average molecular weight is 262 g/mol. The minimum atomic E-state index is -0.161. The van der Waals surface area contributed by atoms with Gasteiger partial charge in [-0.3, -0.25) is 4.79 Å². The molecule has 1 saturated carbocycles. The molecule has 0 N–H and O–H groups in total. The third kappa shape index (κ3) is 3.98. The van der Waals surface area contributed by atoms with E-state index in [2.05, 4.69) is 12.1 Å². The topological polar surface area (TPSA) is 35.5 Å². The molecule has 0 saturated heterocycles. The van der Waals surface area contributed by atoms with E-state index in [1.165, 1.54) is 18.9 Å². The summed E-state index contributed by atoms with van der Waals surface area (Å²) in [7, 11) is 1.67. The molecule has 0 aliphatic heterocycles. The molecule has 3 heteroatoms. The molecule has 0 amide bonds. The maximum atomic E-state index is 11.2. The highest BCUT2D eigenvalue weighted by atomic mass is 16.5. The Bertz CT molecular complexity index is 411. The van der Waals surface area contributed by atoms with Crippen molar-refractivity contribution < 1.29 is 14.3 Å². The van der Waals surface area contributed by atoms with Gasteiger partial charge in [-0.1, -0.05) is 18.6 Å². The molecule has 0 spiro atoms. The van der Waals surface area contributed by atoms with Gasteiger partial charge in [0, 0.05) is 6.92 Å². The van der Waals surface area contributed by atoms with Crippen LogP contribution >= 0.6 is 0 Å². The number of carbonyl (C=O) groups is 1. The lowest BCUT2D eigenvalue weighted by Gasteiger charge is -2.31. The van der Waals surface area contributed by atoms with Gasteiger partial charge in [0.15, 0.2) is 0 Å². The molecular formula is C16H22O3. The summed E-state index contributed by atoms with van der Waals surface area (Å²) in [5.41, 5.74) is 1.28. The minimum Gasteiger partial charge on any atom is -0.497 e. The molecule has 0 unspecified atom stereocenters. The summed E-state index contributed by atoms with van der Waals surface area (Å²) in [4.78, 5) is 11.2. The average Bonchev–Trinajstić information content (AvgIpc) is 2.41. The van der Waals surface area contributed by atoms with Crippen LogP contribution in [0.4, 0.5) is 0 Å². The molecular weight excluding hydrogens is 240 g/mol. The number of methoxy groups -OCH3 is 1. The van der Waals surface area contributed by atoms with E-state index in [1.54, 1.807) is 7.11 Å². The zero-order valence-corrected chi connectivity index (χ0v) is 11.7. The highest BCUT2D eigenvalue weighted by Gasteiger charge is 2.27. The number of benzene rings is 1. The van der Waals surface area contributed by atoms with E-state index in [4.69, 9.17) is 9.47 Å². The zero-order valence-electron chi connectivity index (χ0n) is 11.7. The number of hydrogen-bond acceptors (Lipinski definition) is 3. The Hall–Kier alpha value is -1.51. The van der Waals surface area contributed by atoms with Crippen molar-refractivity contribution in [3.05, 3.63) is 29.8 Å². The van der Waals surface area contributed by atoms with Gasteiger partial charge in [0.2, 0.25) is 0 Å². The second kappa shape index (κ2) is 6.60. The molecule has 2 rings (SSSR count). The highest BCUT2D eigenvalue weighted by molar-refractivity contribution is 5.66. The Balaban J connectivity index is 1.99. The Kier molecular flexibility index (Phi) is 4.83. The molecule has 1 fully saturated rings. The van der Waals surface area contributed by atoms with Gasteiger partial charge in [-0.2, -0.15) is 0 Å². The van der Waals surface area contributed by atoms with Gasteiger partial charge in [-0.05, 0) is 49.3 Å². The molecule has 3 nitrogen and oxygen atoms in total. The van der Waals surface area contributed by atoms with Gasteiger partial charge in [0.1, 0.15) is 11.9 Å². The maximum Gasteiger partial charge on any atom is 0.302 e. The summed E-state index contributed by atoms with van der Waals surface area (Å²) < 4.78 is 10.6. The molecule has 1 aliphatic carbocycles. The van der Waals surface area contributed by atoms with Crippen LogP contribution in [0.5, 0.6) is 5.75 Å². The summed E-state index contributed by atoms with van der Waals surface area (Å²) in [6.07, 6.45) is 5.61. The Morgan fingerprint density at radius 3 is 2.53 bits per heavy atom. The minimum absolute atomic E-state index is 0.0911. The highest BCUT2D eigenvalue weighted by Crippen LogP contribution is 2.30. The van der Waals surface area contributed by atoms with Gasteiger partial charge in [-0.15, -0.1) is 0 Å². The van der Waals surface area contributed by atoms with E-state index in [9.17, 15) is 4.79 Å². The predicted molar refractivity (Wildman–Crippen MR) is 74.2 cm³/mol. The summed E-state index contributed by atoms with van der Waals surface area (Å²) >= 11 is 0. The lowest BCUT2D eigenvalue weighted by molar-refractivity contribution is -0.150. The lowest BCUT2D eigenvalue weighted by Crippen LogP contribution is -2.30. The summed E-state index contributed by atoms with van der Waals surface area (Å²) in [6, 6.07) is 8.16. The maximum absolute atomic E-state index is 11.2. The summed E-state index contributed by atoms with van der Waals surface area (Å²) in [5.74, 6) is 1.17. The van der Waals surface area contributed by atoms with Crippen molar-refractivity contribution >= 4 is 5.97 Å². The molecule has 1 aromatic carbocycles. The number of hydrogen-bond donors (Lipinski definition) is 0. The van der Waals surface area contributed by atoms with Crippen LogP contribution < -0.4 is 4.74 Å². The molecule has 0 heterocycles. The molecule has 0 bridgehead atoms. The monoisotopic (exact) mass is 262 g/mol. The number of rotatable bonds is 4. The van der Waals surface area contributed by atoms with Gasteiger partial charge in [-0.25, -0.2) is 0 Å². The van der Waals surface area contributed by atoms with Crippen LogP contribution in [0, 0.1) is 5.92 Å². The summed E-state index contributed by atoms with van der Waals surface area (Å²) in [5, 5.41) is 0. The molecule has 2 atom stereocenters. The lowest BCUT2D eigenvalue weighted by atomic mass is 9.82. The first-order valence-corrected chi connectivity index (χ1v) is 6.99. The van der Waals surface area contributed by atoms with Crippen LogP contribution in [0.15, 0.2) is 24.3 Å². The second-order valence-electron chi connectivity index (χ2n) is 5.24. The van der Waals surface area contributed by atoms with Gasteiger partial charge >= 0.3 is 5.97 Å². The van der Waals surface area contributed by atoms with Crippen LogP contribution in [0.1, 0.15) is 38.2 Å². The molecule has 1 aliphatic rings. The molecule has 19 heavy (non-hydrogen) atoms. The third-order valence-corrected chi connectivity index (χ3v) is 3.81. The molecule has 1 aromatic rings. The molecule has 104 valence electrons. The van der Waals surface area contributed by atoms with Crippen molar-refractivity contribution in [2.75, 3.05) is 7.11 Å². The summed E-state index contributed by atoms with van der Waals surface area (Å²) in [6.45, 7) is 1.50. The third-order valence-electron chi connectivity index (χ3n) is 3.81. The smallest absolute Gasteiger partial charge is 0.302 e. The first kappa shape index (κ1) is 13.9. The van der Waals surface area contributed by atoms with E-state index in [0.29, 0.717) is 5.92 Å². The van der Waals surface area contributed by atoms with Crippen molar-refractivity contribution in [3.63, 3.8) is 0 Å². The van der Waals surface area contributed by atoms with Crippen molar-refractivity contribution in [1.29, 1.82) is 0 Å². The van der Waals surface area contributed by atoms with E-state index in [1.807, 2.05) is 12.1 Å². The van der Waals surface area contributed by atoms with Crippen LogP contribution in [0.25, 0.3) is 0 Å². The Morgan fingerprint density at radius 2 is 1.89 bits per heavy atom. The Morgan fingerprint density at radius 1 is 1.21 bits per heavy atom. The van der Waals surface area contributed by atoms with Crippen LogP contribution in [0.2, 0.25) is 0 Å². The van der Waals surface area contributed by atoms with Crippen molar-refractivity contribution in [1.82, 2.24) is 0 Å². The molecule has 0 aromatic heterocycles. The number of esters is 1. The fraction of sp³-hybridized carbons (Fsp3) is 0.562. The number of ether oxygens (including phenoxy) is 2. The quantitative estimate of drug-likeness (QED) is 0.780. The Labute approximate surface area is 114 Å². The first-order chi connectivity index (χ1) is 9.19. The largest absolute Gasteiger partial charge is 0.497 e. The van der Waals surface area contributed by atoms with E-state index in [0.717, 1.165) is 31.4 Å². The zero-order chi connectivity index (χ0) is 13.7. The van der Waals surface area contributed by atoms with Crippen LogP contribution in [0.3, 0.4) is 0 Å². The SMILES string of the molecule is COc1ccc(C[C@@H]2CCCC[C@@H]2OC(C)=O)cc1. The fourth-order valence-corrected chi connectivity index (χ4v) is 2.84. The van der Waals surface area contributed by atoms with Crippen molar-refractivity contribution in [3.8, 4) is 5.75 Å².